The summed E-state index contributed by atoms with van der Waals surface area (Å²) in [5.74, 6) is 1.08. The van der Waals surface area contributed by atoms with Crippen LogP contribution in [0.4, 0.5) is 0 Å². The summed E-state index contributed by atoms with van der Waals surface area (Å²) in [5, 5.41) is 19.1. The Morgan fingerprint density at radius 2 is 1.69 bits per heavy atom. The van der Waals surface area contributed by atoms with Gasteiger partial charge in [-0.05, 0) is 103 Å². The Kier molecular flexibility index (Phi) is 9.54. The molecule has 0 spiro atoms. The number of fused-ring (bicyclic) bond motifs is 2. The molecule has 0 amide bonds. The third-order valence-electron chi connectivity index (χ3n) is 11.4. The molecule has 1 N–H and O–H groups in total. The van der Waals surface area contributed by atoms with E-state index in [0.717, 1.165) is 58.0 Å². The SMILES string of the molecule is Cc1ccc(C(CC(=O)O)c2cc(C3CCC(C4CCCCC4)CC3)c3c(c2)nnn3C)cc1CN1CC(C)Oc2ccccc2S1(=O)=O. The van der Waals surface area contributed by atoms with Gasteiger partial charge in [0, 0.05) is 19.5 Å². The maximum Gasteiger partial charge on any atom is 0.304 e. The molecule has 2 atom stereocenters. The standard InChI is InChI=1S/C39H48N4O5S/c1-25-13-14-30(19-32(25)24-43-23-26(2)48-36-11-7-8-12-37(36)49(43,46)47)33(22-38(44)45)31-20-34(39-35(21-31)40-41-42(39)3)29-17-15-28(16-18-29)27-9-5-4-6-10-27/h7-8,11-14,19-21,26-29,33H,4-6,9-10,15-18,22-24H2,1-3H3,(H,44,45). The van der Waals surface area contributed by atoms with Gasteiger partial charge in [-0.15, -0.1) is 5.10 Å². The van der Waals surface area contributed by atoms with E-state index in [-0.39, 0.29) is 30.5 Å². The highest BCUT2D eigenvalue weighted by molar-refractivity contribution is 7.89. The number of aliphatic carboxylic acids is 1. The highest BCUT2D eigenvalue weighted by atomic mass is 32.2. The zero-order valence-electron chi connectivity index (χ0n) is 28.8. The van der Waals surface area contributed by atoms with Crippen LogP contribution in [0.25, 0.3) is 11.0 Å². The van der Waals surface area contributed by atoms with Gasteiger partial charge in [-0.3, -0.25) is 4.79 Å². The molecule has 9 nitrogen and oxygen atoms in total. The van der Waals surface area contributed by atoms with E-state index >= 15 is 0 Å². The third-order valence-corrected chi connectivity index (χ3v) is 13.3. The highest BCUT2D eigenvalue weighted by Crippen LogP contribution is 2.45. The Hall–Kier alpha value is -3.76. The van der Waals surface area contributed by atoms with Gasteiger partial charge in [0.1, 0.15) is 22.3 Å². The Balaban J connectivity index is 1.22. The van der Waals surface area contributed by atoms with Crippen molar-refractivity contribution >= 4 is 27.0 Å². The van der Waals surface area contributed by atoms with E-state index in [1.165, 1.54) is 54.8 Å². The summed E-state index contributed by atoms with van der Waals surface area (Å²) in [6, 6.07) is 17.0. The number of hydrogen-bond acceptors (Lipinski definition) is 6. The number of benzene rings is 3. The van der Waals surface area contributed by atoms with Gasteiger partial charge in [-0.25, -0.2) is 13.1 Å². The van der Waals surface area contributed by atoms with E-state index < -0.39 is 21.9 Å². The van der Waals surface area contributed by atoms with Crippen LogP contribution in [0.15, 0.2) is 59.5 Å². The normalized spacial score (nSPS) is 23.8. The summed E-state index contributed by atoms with van der Waals surface area (Å²) in [6.07, 6.45) is 11.2. The van der Waals surface area contributed by atoms with Crippen molar-refractivity contribution in [3.05, 3.63) is 82.4 Å². The first kappa shape index (κ1) is 33.7. The van der Waals surface area contributed by atoms with E-state index in [1.807, 2.05) is 49.8 Å². The number of rotatable bonds is 8. The predicted molar refractivity (Wildman–Crippen MR) is 189 cm³/mol. The molecule has 3 aliphatic rings. The summed E-state index contributed by atoms with van der Waals surface area (Å²) >= 11 is 0. The van der Waals surface area contributed by atoms with Gasteiger partial charge in [-0.1, -0.05) is 73.7 Å². The Labute approximate surface area is 289 Å². The number of carboxylic acids is 1. The molecule has 49 heavy (non-hydrogen) atoms. The summed E-state index contributed by atoms with van der Waals surface area (Å²) < 4.78 is 37.0. The lowest BCUT2D eigenvalue weighted by molar-refractivity contribution is -0.137. The molecule has 2 heterocycles. The number of hydrogen-bond donors (Lipinski definition) is 1. The molecule has 1 aromatic heterocycles. The number of nitrogens with zero attached hydrogens (tertiary/aromatic N) is 4. The van der Waals surface area contributed by atoms with Crippen molar-refractivity contribution in [1.29, 1.82) is 0 Å². The van der Waals surface area contributed by atoms with E-state index in [0.29, 0.717) is 11.7 Å². The van der Waals surface area contributed by atoms with Crippen molar-refractivity contribution < 1.29 is 23.1 Å². The molecule has 0 radical (unpaired) electrons. The fourth-order valence-corrected chi connectivity index (χ4v) is 10.4. The van der Waals surface area contributed by atoms with Crippen LogP contribution in [0, 0.1) is 18.8 Å². The van der Waals surface area contributed by atoms with Crippen molar-refractivity contribution in [1.82, 2.24) is 19.3 Å². The van der Waals surface area contributed by atoms with Gasteiger partial charge in [0.05, 0.1) is 18.5 Å². The first-order valence-electron chi connectivity index (χ1n) is 18.0. The van der Waals surface area contributed by atoms with Gasteiger partial charge >= 0.3 is 5.97 Å². The minimum Gasteiger partial charge on any atom is -0.488 e. The van der Waals surface area contributed by atoms with Crippen LogP contribution in [-0.2, 0) is 28.4 Å². The second-order valence-corrected chi connectivity index (χ2v) is 16.6. The van der Waals surface area contributed by atoms with Crippen molar-refractivity contribution in [3.8, 4) is 5.75 Å². The lowest BCUT2D eigenvalue weighted by atomic mass is 9.69. The van der Waals surface area contributed by atoms with Crippen LogP contribution in [0.3, 0.4) is 0 Å². The van der Waals surface area contributed by atoms with Crippen molar-refractivity contribution in [2.24, 2.45) is 18.9 Å². The topological polar surface area (TPSA) is 115 Å². The van der Waals surface area contributed by atoms with Crippen LogP contribution in [0.1, 0.15) is 111 Å². The van der Waals surface area contributed by atoms with E-state index in [4.69, 9.17) is 4.74 Å². The Morgan fingerprint density at radius 1 is 0.959 bits per heavy atom. The minimum absolute atomic E-state index is 0.0948. The first-order chi connectivity index (χ1) is 23.6. The highest BCUT2D eigenvalue weighted by Gasteiger charge is 2.34. The lowest BCUT2D eigenvalue weighted by Crippen LogP contribution is -2.35. The summed E-state index contributed by atoms with van der Waals surface area (Å²) in [4.78, 5) is 12.6. The second-order valence-electron chi connectivity index (χ2n) is 14.7. The molecule has 2 unspecified atom stereocenters. The maximum atomic E-state index is 13.8. The minimum atomic E-state index is -3.83. The lowest BCUT2D eigenvalue weighted by Gasteiger charge is -2.36. The molecule has 4 aromatic rings. The van der Waals surface area contributed by atoms with Crippen LogP contribution in [-0.4, -0.2) is 51.4 Å². The number of sulfonamides is 1. The smallest absolute Gasteiger partial charge is 0.304 e. The zero-order chi connectivity index (χ0) is 34.3. The second kappa shape index (κ2) is 13.9. The number of carbonyl (C=O) groups is 1. The zero-order valence-corrected chi connectivity index (χ0v) is 29.7. The van der Waals surface area contributed by atoms with Gasteiger partial charge < -0.3 is 9.84 Å². The fraction of sp³-hybridized carbons (Fsp3) is 0.513. The molecule has 2 fully saturated rings. The molecule has 7 rings (SSSR count). The molecule has 1 aliphatic heterocycles. The Morgan fingerprint density at radius 3 is 2.45 bits per heavy atom. The molecule has 10 heteroatoms. The molecule has 0 bridgehead atoms. The van der Waals surface area contributed by atoms with Gasteiger partial charge in [-0.2, -0.15) is 4.31 Å². The number of aromatic nitrogens is 3. The van der Waals surface area contributed by atoms with E-state index in [1.54, 1.807) is 24.3 Å². The van der Waals surface area contributed by atoms with Gasteiger partial charge in [0.15, 0.2) is 0 Å². The molecular formula is C39H48N4O5S. The molecule has 3 aromatic carbocycles. The molecule has 2 aliphatic carbocycles. The number of ether oxygens (including phenoxy) is 1. The monoisotopic (exact) mass is 684 g/mol. The average molecular weight is 685 g/mol. The quantitative estimate of drug-likeness (QED) is 0.202. The van der Waals surface area contributed by atoms with Crippen molar-refractivity contribution in [2.75, 3.05) is 6.54 Å². The molecular weight excluding hydrogens is 637 g/mol. The predicted octanol–water partition coefficient (Wildman–Crippen LogP) is 7.71. The summed E-state index contributed by atoms with van der Waals surface area (Å²) in [5.41, 5.74) is 6.57. The largest absolute Gasteiger partial charge is 0.488 e. The third kappa shape index (κ3) is 6.86. The van der Waals surface area contributed by atoms with E-state index in [9.17, 15) is 18.3 Å². The van der Waals surface area contributed by atoms with Crippen molar-refractivity contribution in [2.45, 2.75) is 107 Å². The summed E-state index contributed by atoms with van der Waals surface area (Å²) in [7, 11) is -1.89. The number of carboxylic acid groups (broad SMARTS) is 1. The molecule has 0 saturated heterocycles. The van der Waals surface area contributed by atoms with Crippen LogP contribution >= 0.6 is 0 Å². The maximum absolute atomic E-state index is 13.8. The fourth-order valence-electron chi connectivity index (χ4n) is 8.83. The van der Waals surface area contributed by atoms with Crippen molar-refractivity contribution in [3.63, 3.8) is 0 Å². The Bertz CT molecular complexity index is 1940. The van der Waals surface area contributed by atoms with E-state index in [2.05, 4.69) is 16.4 Å². The van der Waals surface area contributed by atoms with Gasteiger partial charge in [0.25, 0.3) is 0 Å². The molecule has 2 saturated carbocycles. The van der Waals surface area contributed by atoms with Gasteiger partial charge in [0.2, 0.25) is 10.0 Å². The van der Waals surface area contributed by atoms with Crippen LogP contribution < -0.4 is 4.74 Å². The number of para-hydroxylation sites is 1. The first-order valence-corrected chi connectivity index (χ1v) is 19.4. The van der Waals surface area contributed by atoms with Crippen LogP contribution in [0.5, 0.6) is 5.75 Å². The number of aryl methyl sites for hydroxylation is 2. The average Bonchev–Trinajstić information content (AvgIpc) is 3.44. The van der Waals surface area contributed by atoms with Crippen LogP contribution in [0.2, 0.25) is 0 Å². The molecule has 260 valence electrons. The summed E-state index contributed by atoms with van der Waals surface area (Å²) in [6.45, 7) is 4.20.